The van der Waals surface area contributed by atoms with Crippen LogP contribution in [0, 0.1) is 24.2 Å². The first-order valence-electron chi connectivity index (χ1n) is 7.72. The normalized spacial score (nSPS) is 30.2. The third-order valence-corrected chi connectivity index (χ3v) is 5.02. The second-order valence-electron chi connectivity index (χ2n) is 6.87. The van der Waals surface area contributed by atoms with Gasteiger partial charge in [-0.2, -0.15) is 0 Å². The molecule has 2 bridgehead atoms. The third-order valence-electron chi connectivity index (χ3n) is 5.02. The number of halogens is 1. The highest BCUT2D eigenvalue weighted by Gasteiger charge is 2.58. The van der Waals surface area contributed by atoms with Crippen LogP contribution in [0.1, 0.15) is 24.8 Å². The van der Waals surface area contributed by atoms with Gasteiger partial charge < -0.3 is 10.0 Å². The molecule has 0 amide bonds. The molecule has 1 saturated carbocycles. The summed E-state index contributed by atoms with van der Waals surface area (Å²) in [6.07, 6.45) is 5.23. The van der Waals surface area contributed by atoms with E-state index in [4.69, 9.17) is 6.57 Å². The van der Waals surface area contributed by atoms with Crippen molar-refractivity contribution in [1.29, 1.82) is 0 Å². The summed E-state index contributed by atoms with van der Waals surface area (Å²) in [4.78, 5) is 6.38. The highest BCUT2D eigenvalue weighted by Crippen LogP contribution is 2.53. The van der Waals surface area contributed by atoms with Crippen molar-refractivity contribution in [3.8, 4) is 12.3 Å². The number of aromatic hydroxyl groups is 1. The van der Waals surface area contributed by atoms with Crippen molar-refractivity contribution in [1.82, 2.24) is 4.90 Å². The van der Waals surface area contributed by atoms with E-state index in [1.54, 1.807) is 6.07 Å². The monoisotopic (exact) mass is 301 g/mol. The molecule has 0 unspecified atom stereocenters. The summed E-state index contributed by atoms with van der Waals surface area (Å²) in [6.45, 7) is 6.60. The Bertz CT molecular complexity index is 641. The molecule has 1 N–H and O–H groups in total. The molecule has 116 valence electrons. The number of phenols is 1. The Morgan fingerprint density at radius 2 is 2.18 bits per heavy atom. The van der Waals surface area contributed by atoms with Crippen LogP contribution in [-0.4, -0.2) is 36.2 Å². The Balaban J connectivity index is 2.09. The van der Waals surface area contributed by atoms with Gasteiger partial charge >= 0.3 is 0 Å². The molecule has 0 saturated heterocycles. The van der Waals surface area contributed by atoms with Crippen molar-refractivity contribution in [2.75, 3.05) is 20.6 Å². The molecule has 3 rings (SSSR count). The Kier molecular flexibility index (Phi) is 3.70. The highest BCUT2D eigenvalue weighted by atomic mass is 19.1. The summed E-state index contributed by atoms with van der Waals surface area (Å²) < 4.78 is 13.7. The molecule has 1 aromatic carbocycles. The van der Waals surface area contributed by atoms with Gasteiger partial charge in [0.05, 0.1) is 5.92 Å². The summed E-state index contributed by atoms with van der Waals surface area (Å²) in [6, 6.07) is 4.25. The van der Waals surface area contributed by atoms with E-state index in [0.717, 1.165) is 43.0 Å². The summed E-state index contributed by atoms with van der Waals surface area (Å²) in [7, 11) is 4.04. The number of hydrogen-bond donors (Lipinski definition) is 1. The Morgan fingerprint density at radius 1 is 1.41 bits per heavy atom. The molecule has 1 aromatic rings. The van der Waals surface area contributed by atoms with Gasteiger partial charge in [-0.25, -0.2) is 4.39 Å². The van der Waals surface area contributed by atoms with Gasteiger partial charge in [-0.3, -0.25) is 0 Å². The zero-order chi connectivity index (χ0) is 15.9. The number of phenolic OH excluding ortho intramolecular Hbond substituents is 1. The van der Waals surface area contributed by atoms with E-state index in [1.807, 2.05) is 14.1 Å². The van der Waals surface area contributed by atoms with Crippen LogP contribution in [0.25, 0.3) is 10.4 Å². The molecular formula is C18H22FN2O+. The molecule has 2 aliphatic rings. The molecule has 3 atom stereocenters. The first-order valence-corrected chi connectivity index (χ1v) is 7.72. The molecular weight excluding hydrogens is 279 g/mol. The molecule has 22 heavy (non-hydrogen) atoms. The van der Waals surface area contributed by atoms with Crippen LogP contribution in [-0.2, 0) is 0 Å². The zero-order valence-electron chi connectivity index (χ0n) is 13.1. The van der Waals surface area contributed by atoms with E-state index in [0.29, 0.717) is 5.92 Å². The van der Waals surface area contributed by atoms with Crippen molar-refractivity contribution in [3.05, 3.63) is 40.5 Å². The van der Waals surface area contributed by atoms with E-state index in [2.05, 4.69) is 15.8 Å². The number of hydrogen-bond acceptors (Lipinski definition) is 2. The van der Waals surface area contributed by atoms with Crippen LogP contribution >= 0.6 is 0 Å². The number of allylic oxidation sites excluding steroid dienone is 1. The van der Waals surface area contributed by atoms with Crippen molar-refractivity contribution >= 4 is 5.57 Å². The van der Waals surface area contributed by atoms with Gasteiger partial charge in [0.15, 0.2) is 0 Å². The average Bonchev–Trinajstić information content (AvgIpc) is 2.80. The standard InChI is InChI=1S/C18H21FN2O/c1-20-18-5-4-12(10-18)6-16(17(18)11-21(2)3)13-7-14(19)9-15(22)8-13/h1,6-9,12,17H,4-5,10-11H2,2-3H3/p+1/t12-,17+,18+/m0/s1. The minimum atomic E-state index is -0.420. The Hall–Kier alpha value is -1.86. The third kappa shape index (κ3) is 2.50. The topological polar surface area (TPSA) is 27.8 Å². The first-order chi connectivity index (χ1) is 10.4. The minimum absolute atomic E-state index is 0.0452. The van der Waals surface area contributed by atoms with E-state index in [-0.39, 0.29) is 17.2 Å². The molecule has 0 aromatic heterocycles. The minimum Gasteiger partial charge on any atom is -0.508 e. The van der Waals surface area contributed by atoms with Crippen molar-refractivity contribution in [2.24, 2.45) is 11.8 Å². The van der Waals surface area contributed by atoms with Gasteiger partial charge in [0.25, 0.3) is 12.1 Å². The number of benzene rings is 1. The molecule has 0 radical (unpaired) electrons. The fourth-order valence-corrected chi connectivity index (χ4v) is 4.09. The lowest BCUT2D eigenvalue weighted by Gasteiger charge is -2.32. The largest absolute Gasteiger partial charge is 0.508 e. The maximum absolute atomic E-state index is 13.7. The smallest absolute Gasteiger partial charge is 0.289 e. The van der Waals surface area contributed by atoms with E-state index >= 15 is 0 Å². The second-order valence-corrected chi connectivity index (χ2v) is 6.87. The Labute approximate surface area is 130 Å². The fourth-order valence-electron chi connectivity index (χ4n) is 4.09. The lowest BCUT2D eigenvalue weighted by molar-refractivity contribution is 0.283. The SMILES string of the molecule is C#[N+][C@@]12CC[C@@H](C=C(c3cc(O)cc(F)c3)[C@H]1CN(C)C)C2. The van der Waals surface area contributed by atoms with Crippen LogP contribution in [0.15, 0.2) is 24.3 Å². The van der Waals surface area contributed by atoms with Crippen LogP contribution < -0.4 is 0 Å². The summed E-state index contributed by atoms with van der Waals surface area (Å²) in [5, 5.41) is 9.74. The van der Waals surface area contributed by atoms with Gasteiger partial charge in [-0.1, -0.05) is 10.9 Å². The van der Waals surface area contributed by atoms with E-state index < -0.39 is 5.82 Å². The molecule has 0 heterocycles. The second kappa shape index (κ2) is 5.40. The zero-order valence-corrected chi connectivity index (χ0v) is 13.1. The van der Waals surface area contributed by atoms with Gasteiger partial charge in [0, 0.05) is 25.5 Å². The molecule has 4 heteroatoms. The average molecular weight is 301 g/mol. The van der Waals surface area contributed by atoms with Gasteiger partial charge in [-0.05, 0) is 49.7 Å². The summed E-state index contributed by atoms with van der Waals surface area (Å²) in [5.74, 6) is 0.0888. The summed E-state index contributed by atoms with van der Waals surface area (Å²) >= 11 is 0. The van der Waals surface area contributed by atoms with E-state index in [9.17, 15) is 9.50 Å². The maximum atomic E-state index is 13.7. The van der Waals surface area contributed by atoms with Crippen molar-refractivity contribution in [3.63, 3.8) is 0 Å². The predicted molar refractivity (Wildman–Crippen MR) is 86.5 cm³/mol. The van der Waals surface area contributed by atoms with Crippen LogP contribution in [0.5, 0.6) is 5.75 Å². The van der Waals surface area contributed by atoms with Gasteiger partial charge in [0.2, 0.25) is 0 Å². The highest BCUT2D eigenvalue weighted by molar-refractivity contribution is 5.72. The van der Waals surface area contributed by atoms with Gasteiger partial charge in [-0.15, -0.1) is 0 Å². The maximum Gasteiger partial charge on any atom is 0.289 e. The molecule has 3 nitrogen and oxygen atoms in total. The Morgan fingerprint density at radius 3 is 2.82 bits per heavy atom. The van der Waals surface area contributed by atoms with Crippen LogP contribution in [0.2, 0.25) is 0 Å². The van der Waals surface area contributed by atoms with Crippen molar-refractivity contribution in [2.45, 2.75) is 24.8 Å². The van der Waals surface area contributed by atoms with Crippen LogP contribution in [0.4, 0.5) is 4.39 Å². The molecule has 2 aliphatic carbocycles. The van der Waals surface area contributed by atoms with E-state index in [1.165, 1.54) is 6.07 Å². The van der Waals surface area contributed by atoms with Crippen LogP contribution in [0.3, 0.4) is 0 Å². The van der Waals surface area contributed by atoms with Crippen molar-refractivity contribution < 1.29 is 9.50 Å². The number of rotatable bonds is 3. The molecule has 1 fully saturated rings. The summed E-state index contributed by atoms with van der Waals surface area (Å²) in [5.41, 5.74) is 1.54. The first kappa shape index (κ1) is 15.1. The lowest BCUT2D eigenvalue weighted by Crippen LogP contribution is -2.41. The predicted octanol–water partition coefficient (Wildman–Crippen LogP) is 3.61. The quantitative estimate of drug-likeness (QED) is 0.923. The van der Waals surface area contributed by atoms with Gasteiger partial charge in [0.1, 0.15) is 11.6 Å². The molecule has 0 aliphatic heterocycles. The lowest BCUT2D eigenvalue weighted by atomic mass is 9.71. The fraction of sp³-hybridized carbons (Fsp3) is 0.500. The number of nitrogens with zero attached hydrogens (tertiary/aromatic N) is 2. The molecule has 0 spiro atoms. The number of fused-ring (bicyclic) bond motifs is 2.